The summed E-state index contributed by atoms with van der Waals surface area (Å²) in [6.07, 6.45) is 3.17. The Hall–Kier alpha value is -1.32. The van der Waals surface area contributed by atoms with E-state index in [4.69, 9.17) is 4.74 Å². The van der Waals surface area contributed by atoms with Crippen LogP contribution in [0.5, 0.6) is 0 Å². The summed E-state index contributed by atoms with van der Waals surface area (Å²) in [5.74, 6) is -0.184. The summed E-state index contributed by atoms with van der Waals surface area (Å²) >= 11 is 0. The molecule has 4 nitrogen and oxygen atoms in total. The van der Waals surface area contributed by atoms with Gasteiger partial charge in [0.1, 0.15) is 0 Å². The Morgan fingerprint density at radius 2 is 2.06 bits per heavy atom. The maximum atomic E-state index is 11.7. The predicted octanol–water partition coefficient (Wildman–Crippen LogP) is 2.25. The first-order chi connectivity index (χ1) is 8.11. The van der Waals surface area contributed by atoms with Gasteiger partial charge in [-0.3, -0.25) is 4.79 Å². The maximum Gasteiger partial charge on any atom is 0.335 e. The van der Waals surface area contributed by atoms with Crippen molar-refractivity contribution in [3.8, 4) is 0 Å². The Kier molecular flexibility index (Phi) is 5.19. The van der Waals surface area contributed by atoms with E-state index in [9.17, 15) is 9.59 Å². The topological polar surface area (TPSA) is 46.6 Å². The number of esters is 1. The summed E-state index contributed by atoms with van der Waals surface area (Å²) in [5.41, 5.74) is 1.43. The number of rotatable bonds is 5. The third-order valence-corrected chi connectivity index (χ3v) is 2.95. The molecule has 1 saturated heterocycles. The molecule has 1 fully saturated rings. The van der Waals surface area contributed by atoms with Gasteiger partial charge in [-0.25, -0.2) is 4.79 Å². The zero-order valence-corrected chi connectivity index (χ0v) is 10.9. The maximum absolute atomic E-state index is 11.7. The predicted molar refractivity (Wildman–Crippen MR) is 65.2 cm³/mol. The van der Waals surface area contributed by atoms with Crippen molar-refractivity contribution in [2.75, 3.05) is 13.2 Å². The van der Waals surface area contributed by atoms with Crippen LogP contribution in [-0.4, -0.2) is 29.9 Å². The quantitative estimate of drug-likeness (QED) is 0.546. The normalized spacial score (nSPS) is 18.5. The Balaban J connectivity index is 2.82. The van der Waals surface area contributed by atoms with Crippen molar-refractivity contribution >= 4 is 11.9 Å². The van der Waals surface area contributed by atoms with Gasteiger partial charge in [-0.05, 0) is 26.7 Å². The number of unbranched alkanes of at least 4 members (excludes halogenated alkanes) is 1. The van der Waals surface area contributed by atoms with Gasteiger partial charge in [0, 0.05) is 18.7 Å². The summed E-state index contributed by atoms with van der Waals surface area (Å²) in [6.45, 7) is 6.69. The van der Waals surface area contributed by atoms with Crippen molar-refractivity contribution < 1.29 is 14.3 Å². The first-order valence-corrected chi connectivity index (χ1v) is 6.29. The van der Waals surface area contributed by atoms with Crippen LogP contribution in [0.1, 0.15) is 46.5 Å². The molecular weight excluding hydrogens is 218 g/mol. The number of ether oxygens (including phenoxy) is 1. The molecule has 0 aromatic heterocycles. The zero-order chi connectivity index (χ0) is 12.8. The van der Waals surface area contributed by atoms with Crippen LogP contribution in [0.25, 0.3) is 0 Å². The van der Waals surface area contributed by atoms with Gasteiger partial charge >= 0.3 is 5.97 Å². The molecule has 0 unspecified atom stereocenters. The van der Waals surface area contributed by atoms with E-state index in [0.717, 1.165) is 18.5 Å². The van der Waals surface area contributed by atoms with Gasteiger partial charge in [-0.15, -0.1) is 0 Å². The second-order valence-electron chi connectivity index (χ2n) is 4.19. The molecule has 0 aromatic rings. The van der Waals surface area contributed by atoms with Crippen LogP contribution in [-0.2, 0) is 14.3 Å². The molecule has 0 saturated carbocycles. The average molecular weight is 239 g/mol. The molecule has 0 aromatic carbocycles. The van der Waals surface area contributed by atoms with Crippen LogP contribution in [0.3, 0.4) is 0 Å². The van der Waals surface area contributed by atoms with Crippen LogP contribution in [0.15, 0.2) is 11.3 Å². The van der Waals surface area contributed by atoms with Gasteiger partial charge in [0.2, 0.25) is 5.91 Å². The lowest BCUT2D eigenvalue weighted by Crippen LogP contribution is -2.26. The van der Waals surface area contributed by atoms with E-state index in [-0.39, 0.29) is 11.9 Å². The molecule has 96 valence electrons. The monoisotopic (exact) mass is 239 g/mol. The standard InChI is InChI=1S/C13H21NO3/c1-4-6-9-14-11(7-8-12(14)15)10(3)13(16)17-5-2/h4-9H2,1-3H3/b11-10-. The molecule has 17 heavy (non-hydrogen) atoms. The molecule has 1 rings (SSSR count). The second kappa shape index (κ2) is 6.42. The summed E-state index contributed by atoms with van der Waals surface area (Å²) in [7, 11) is 0. The molecule has 0 radical (unpaired) electrons. The highest BCUT2D eigenvalue weighted by molar-refractivity contribution is 5.91. The fourth-order valence-corrected chi connectivity index (χ4v) is 1.97. The largest absolute Gasteiger partial charge is 0.463 e. The summed E-state index contributed by atoms with van der Waals surface area (Å²) in [5, 5.41) is 0. The average Bonchev–Trinajstić information content (AvgIpc) is 2.67. The van der Waals surface area contributed by atoms with E-state index in [2.05, 4.69) is 6.92 Å². The molecule has 1 aliphatic rings. The highest BCUT2D eigenvalue weighted by atomic mass is 16.5. The summed E-state index contributed by atoms with van der Waals surface area (Å²) in [6, 6.07) is 0. The SMILES string of the molecule is CCCCN1C(=O)CC/C1=C(\C)C(=O)OCC. The number of hydrogen-bond donors (Lipinski definition) is 0. The number of amides is 1. The molecule has 1 heterocycles. The lowest BCUT2D eigenvalue weighted by molar-refractivity contribution is -0.138. The van der Waals surface area contributed by atoms with Crippen LogP contribution >= 0.6 is 0 Å². The van der Waals surface area contributed by atoms with Crippen molar-refractivity contribution in [3.63, 3.8) is 0 Å². The van der Waals surface area contributed by atoms with Gasteiger partial charge in [-0.1, -0.05) is 13.3 Å². The van der Waals surface area contributed by atoms with Crippen LogP contribution < -0.4 is 0 Å². The highest BCUT2D eigenvalue weighted by Gasteiger charge is 2.28. The van der Waals surface area contributed by atoms with Crippen molar-refractivity contribution in [1.82, 2.24) is 4.90 Å². The minimum absolute atomic E-state index is 0.122. The first kappa shape index (κ1) is 13.7. The lowest BCUT2D eigenvalue weighted by Gasteiger charge is -2.19. The summed E-state index contributed by atoms with van der Waals surface area (Å²) in [4.78, 5) is 25.1. The molecular formula is C13H21NO3. The molecule has 0 spiro atoms. The Labute approximate surface area is 103 Å². The molecule has 4 heteroatoms. The fraction of sp³-hybridized carbons (Fsp3) is 0.692. The lowest BCUT2D eigenvalue weighted by atomic mass is 10.2. The van der Waals surface area contributed by atoms with Gasteiger partial charge in [0.15, 0.2) is 0 Å². The number of carbonyl (C=O) groups excluding carboxylic acids is 2. The van der Waals surface area contributed by atoms with E-state index >= 15 is 0 Å². The van der Waals surface area contributed by atoms with Crippen LogP contribution in [0, 0.1) is 0 Å². The number of allylic oxidation sites excluding steroid dienone is 1. The van der Waals surface area contributed by atoms with Gasteiger partial charge in [0.05, 0.1) is 12.2 Å². The van der Waals surface area contributed by atoms with Gasteiger partial charge in [0.25, 0.3) is 0 Å². The van der Waals surface area contributed by atoms with E-state index < -0.39 is 0 Å². The van der Waals surface area contributed by atoms with E-state index in [1.807, 2.05) is 0 Å². The smallest absolute Gasteiger partial charge is 0.335 e. The first-order valence-electron chi connectivity index (χ1n) is 6.29. The second-order valence-corrected chi connectivity index (χ2v) is 4.19. The molecule has 1 amide bonds. The molecule has 0 atom stereocenters. The molecule has 0 N–H and O–H groups in total. The third-order valence-electron chi connectivity index (χ3n) is 2.95. The van der Waals surface area contributed by atoms with E-state index in [1.54, 1.807) is 18.7 Å². The van der Waals surface area contributed by atoms with Crippen molar-refractivity contribution in [2.45, 2.75) is 46.5 Å². The third kappa shape index (κ3) is 3.32. The Morgan fingerprint density at radius 3 is 2.65 bits per heavy atom. The van der Waals surface area contributed by atoms with E-state index in [0.29, 0.717) is 31.6 Å². The number of nitrogens with zero attached hydrogens (tertiary/aromatic N) is 1. The van der Waals surface area contributed by atoms with Gasteiger partial charge < -0.3 is 9.64 Å². The molecule has 1 aliphatic heterocycles. The van der Waals surface area contributed by atoms with Gasteiger partial charge in [-0.2, -0.15) is 0 Å². The number of carbonyl (C=O) groups is 2. The summed E-state index contributed by atoms with van der Waals surface area (Å²) < 4.78 is 4.97. The zero-order valence-electron chi connectivity index (χ0n) is 10.9. The number of likely N-dealkylation sites (tertiary alicyclic amines) is 1. The minimum atomic E-state index is -0.307. The van der Waals surface area contributed by atoms with E-state index in [1.165, 1.54) is 0 Å². The Bertz CT molecular complexity index is 334. The van der Waals surface area contributed by atoms with Crippen LogP contribution in [0.4, 0.5) is 0 Å². The molecule has 0 aliphatic carbocycles. The molecule has 0 bridgehead atoms. The highest BCUT2D eigenvalue weighted by Crippen LogP contribution is 2.26. The van der Waals surface area contributed by atoms with Crippen LogP contribution in [0.2, 0.25) is 0 Å². The minimum Gasteiger partial charge on any atom is -0.463 e. The Morgan fingerprint density at radius 1 is 1.35 bits per heavy atom. The van der Waals surface area contributed by atoms with Crippen molar-refractivity contribution in [1.29, 1.82) is 0 Å². The fourth-order valence-electron chi connectivity index (χ4n) is 1.97. The van der Waals surface area contributed by atoms with Crippen molar-refractivity contribution in [2.24, 2.45) is 0 Å². The number of hydrogen-bond acceptors (Lipinski definition) is 3. The van der Waals surface area contributed by atoms with Crippen molar-refractivity contribution in [3.05, 3.63) is 11.3 Å².